The quantitative estimate of drug-likeness (QED) is 0.182. The first-order valence-electron chi connectivity index (χ1n) is 10.9. The molecule has 4 amide bonds. The third-order valence-corrected chi connectivity index (χ3v) is 6.52. The van der Waals surface area contributed by atoms with E-state index in [-0.39, 0.29) is 21.9 Å². The molecule has 0 saturated heterocycles. The fourth-order valence-corrected chi connectivity index (χ4v) is 4.79. The molecule has 0 fully saturated rings. The van der Waals surface area contributed by atoms with Crippen LogP contribution in [0.15, 0.2) is 36.4 Å². The van der Waals surface area contributed by atoms with E-state index in [2.05, 4.69) is 0 Å². The molecule has 0 spiro atoms. The van der Waals surface area contributed by atoms with Crippen LogP contribution in [0, 0.1) is 46.5 Å². The average molecular weight is 562 g/mol. The van der Waals surface area contributed by atoms with E-state index >= 15 is 0 Å². The highest BCUT2D eigenvalue weighted by molar-refractivity contribution is 6.42. The van der Waals surface area contributed by atoms with Crippen LogP contribution in [0.4, 0.5) is 46.5 Å². The summed E-state index contributed by atoms with van der Waals surface area (Å²) in [6.07, 6.45) is 0. The van der Waals surface area contributed by atoms with Crippen molar-refractivity contribution in [1.82, 2.24) is 0 Å². The first-order chi connectivity index (χ1) is 18.9. The molecule has 6 rings (SSSR count). The lowest BCUT2D eigenvalue weighted by atomic mass is 9.85. The van der Waals surface area contributed by atoms with E-state index in [4.69, 9.17) is 0 Å². The Morgan fingerprint density at radius 2 is 0.625 bits per heavy atom. The van der Waals surface area contributed by atoms with E-state index < -0.39 is 115 Å². The Morgan fingerprint density at radius 3 is 0.850 bits per heavy atom. The SMILES string of the molecule is O=C1c2ccc3c4c(ccc(c24)C(=O)N1c1c(F)c(F)cc(F)c1F)C(=O)N(c1c(F)c(F)cc(F)c1F)C3=O. The van der Waals surface area contributed by atoms with Gasteiger partial charge in [0.2, 0.25) is 0 Å². The maximum Gasteiger partial charge on any atom is 0.266 e. The summed E-state index contributed by atoms with van der Waals surface area (Å²) < 4.78 is 114. The molecule has 200 valence electrons. The molecule has 0 atom stereocenters. The molecule has 6 nitrogen and oxygen atoms in total. The van der Waals surface area contributed by atoms with Gasteiger partial charge in [-0.05, 0) is 24.3 Å². The molecule has 0 radical (unpaired) electrons. The van der Waals surface area contributed by atoms with Gasteiger partial charge < -0.3 is 0 Å². The second-order valence-electron chi connectivity index (χ2n) is 8.60. The molecule has 0 unspecified atom stereocenters. The predicted octanol–water partition coefficient (Wildman–Crippen LogP) is 5.55. The minimum atomic E-state index is -2.05. The zero-order valence-corrected chi connectivity index (χ0v) is 19.0. The Kier molecular flexibility index (Phi) is 5.14. The Hall–Kier alpha value is -5.14. The lowest BCUT2D eigenvalue weighted by Crippen LogP contribution is -2.44. The number of imide groups is 2. The van der Waals surface area contributed by atoms with Crippen molar-refractivity contribution in [2.75, 3.05) is 9.80 Å². The van der Waals surface area contributed by atoms with Gasteiger partial charge in [-0.25, -0.2) is 44.9 Å². The Bertz CT molecular complexity index is 1680. The molecule has 2 aliphatic heterocycles. The van der Waals surface area contributed by atoms with E-state index in [1.54, 1.807) is 0 Å². The van der Waals surface area contributed by atoms with Crippen molar-refractivity contribution < 1.29 is 54.3 Å². The van der Waals surface area contributed by atoms with Crippen LogP contribution in [0.2, 0.25) is 0 Å². The number of halogens is 8. The van der Waals surface area contributed by atoms with Crippen molar-refractivity contribution in [2.45, 2.75) is 0 Å². The smallest absolute Gasteiger partial charge is 0.266 e. The maximum absolute atomic E-state index is 14.5. The first kappa shape index (κ1) is 25.2. The van der Waals surface area contributed by atoms with Crippen LogP contribution in [0.5, 0.6) is 0 Å². The van der Waals surface area contributed by atoms with Crippen molar-refractivity contribution in [2.24, 2.45) is 0 Å². The second-order valence-corrected chi connectivity index (χ2v) is 8.60. The Morgan fingerprint density at radius 1 is 0.400 bits per heavy atom. The molecule has 40 heavy (non-hydrogen) atoms. The molecule has 0 bridgehead atoms. The zero-order chi connectivity index (χ0) is 28.9. The van der Waals surface area contributed by atoms with Crippen LogP contribution in [-0.2, 0) is 0 Å². The summed E-state index contributed by atoms with van der Waals surface area (Å²) in [5.41, 5.74) is -5.46. The number of carbonyl (C=O) groups is 4. The topological polar surface area (TPSA) is 74.8 Å². The summed E-state index contributed by atoms with van der Waals surface area (Å²) in [6, 6.07) is 3.13. The average Bonchev–Trinajstić information content (AvgIpc) is 2.91. The van der Waals surface area contributed by atoms with E-state index in [0.29, 0.717) is 0 Å². The highest BCUT2D eigenvalue weighted by atomic mass is 19.2. The molecular formula is C26H6F8N2O4. The minimum Gasteiger partial charge on any atom is -0.268 e. The van der Waals surface area contributed by atoms with Gasteiger partial charge in [-0.1, -0.05) is 0 Å². The number of hydrogen-bond donors (Lipinski definition) is 0. The highest BCUT2D eigenvalue weighted by Crippen LogP contribution is 2.42. The molecule has 2 heterocycles. The third kappa shape index (κ3) is 3.03. The van der Waals surface area contributed by atoms with E-state index in [1.807, 2.05) is 0 Å². The van der Waals surface area contributed by atoms with Crippen molar-refractivity contribution in [3.05, 3.63) is 105 Å². The lowest BCUT2D eigenvalue weighted by molar-refractivity contribution is 0.0870. The predicted molar refractivity (Wildman–Crippen MR) is 119 cm³/mol. The molecule has 4 aromatic carbocycles. The van der Waals surface area contributed by atoms with Crippen LogP contribution in [0.1, 0.15) is 41.4 Å². The van der Waals surface area contributed by atoms with Gasteiger partial charge in [0.1, 0.15) is 11.4 Å². The molecule has 0 aromatic heterocycles. The maximum atomic E-state index is 14.5. The number of hydrogen-bond acceptors (Lipinski definition) is 4. The van der Waals surface area contributed by atoms with Crippen LogP contribution in [0.3, 0.4) is 0 Å². The number of rotatable bonds is 2. The monoisotopic (exact) mass is 562 g/mol. The van der Waals surface area contributed by atoms with Crippen molar-refractivity contribution in [3.8, 4) is 0 Å². The van der Waals surface area contributed by atoms with Gasteiger partial charge in [-0.15, -0.1) is 0 Å². The second kappa shape index (κ2) is 8.18. The Balaban J connectivity index is 1.59. The van der Waals surface area contributed by atoms with Crippen LogP contribution in [-0.4, -0.2) is 23.6 Å². The fourth-order valence-electron chi connectivity index (χ4n) is 4.79. The number of nitrogens with zero attached hydrogens (tertiary/aromatic N) is 2. The van der Waals surface area contributed by atoms with Gasteiger partial charge >= 0.3 is 0 Å². The molecule has 4 aromatic rings. The number of benzene rings is 4. The fraction of sp³-hybridized carbons (Fsp3) is 0. The number of carbonyl (C=O) groups excluding carboxylic acids is 4. The standard InChI is InChI=1S/C26H6F8N2O4/c27-11-5-12(28)18(32)21(17(11)31)35-23(37)7-1-2-8-16-10(4-3-9(15(7)16)25(35)39)26(40)36(24(8)38)22-19(33)13(29)6-14(30)20(22)34/h1-6H. The molecule has 0 N–H and O–H groups in total. The zero-order valence-electron chi connectivity index (χ0n) is 19.0. The molecule has 2 aliphatic rings. The minimum absolute atomic E-state index is 0.134. The van der Waals surface area contributed by atoms with Crippen molar-refractivity contribution in [1.29, 1.82) is 0 Å². The largest absolute Gasteiger partial charge is 0.268 e. The first-order valence-corrected chi connectivity index (χ1v) is 10.9. The van der Waals surface area contributed by atoms with Crippen LogP contribution < -0.4 is 9.80 Å². The van der Waals surface area contributed by atoms with Gasteiger partial charge in [-0.3, -0.25) is 19.2 Å². The molecule has 0 aliphatic carbocycles. The summed E-state index contributed by atoms with van der Waals surface area (Å²) in [7, 11) is 0. The Labute approximate surface area is 215 Å². The van der Waals surface area contributed by atoms with E-state index in [9.17, 15) is 54.3 Å². The van der Waals surface area contributed by atoms with Gasteiger partial charge in [0.15, 0.2) is 46.5 Å². The highest BCUT2D eigenvalue weighted by Gasteiger charge is 2.44. The summed E-state index contributed by atoms with van der Waals surface area (Å²) in [5, 5.41) is -0.793. The summed E-state index contributed by atoms with van der Waals surface area (Å²) >= 11 is 0. The lowest BCUT2D eigenvalue weighted by Gasteiger charge is -2.32. The molecule has 14 heteroatoms. The summed E-state index contributed by atoms with van der Waals surface area (Å²) in [4.78, 5) is 52.7. The van der Waals surface area contributed by atoms with Crippen LogP contribution >= 0.6 is 0 Å². The summed E-state index contributed by atoms with van der Waals surface area (Å²) in [6.45, 7) is 0. The third-order valence-electron chi connectivity index (χ3n) is 6.52. The van der Waals surface area contributed by atoms with Gasteiger partial charge in [0.05, 0.1) is 0 Å². The van der Waals surface area contributed by atoms with Crippen molar-refractivity contribution in [3.63, 3.8) is 0 Å². The number of amides is 4. The van der Waals surface area contributed by atoms with Gasteiger partial charge in [0, 0.05) is 45.2 Å². The van der Waals surface area contributed by atoms with E-state index in [0.717, 1.165) is 24.3 Å². The molecule has 0 saturated carbocycles. The summed E-state index contributed by atoms with van der Waals surface area (Å²) in [5.74, 6) is -21.8. The van der Waals surface area contributed by atoms with Crippen LogP contribution in [0.25, 0.3) is 10.8 Å². The normalized spacial score (nSPS) is 14.6. The number of anilines is 2. The van der Waals surface area contributed by atoms with Gasteiger partial charge in [-0.2, -0.15) is 0 Å². The van der Waals surface area contributed by atoms with E-state index in [1.165, 1.54) is 0 Å². The van der Waals surface area contributed by atoms with Crippen molar-refractivity contribution >= 4 is 45.8 Å². The molecular weight excluding hydrogens is 556 g/mol. The van der Waals surface area contributed by atoms with Gasteiger partial charge in [0.25, 0.3) is 23.6 Å².